The Hall–Kier alpha value is -3.40. The molecule has 3 aromatic heterocycles. The number of hydrogen-bond donors (Lipinski definition) is 2. The van der Waals surface area contributed by atoms with Crippen LogP contribution in [0.1, 0.15) is 37.5 Å². The van der Waals surface area contributed by atoms with Gasteiger partial charge in [0.15, 0.2) is 0 Å². The van der Waals surface area contributed by atoms with Gasteiger partial charge in [-0.05, 0) is 43.7 Å². The predicted octanol–water partition coefficient (Wildman–Crippen LogP) is 2.46. The van der Waals surface area contributed by atoms with Crippen LogP contribution >= 0.6 is 0 Å². The van der Waals surface area contributed by atoms with Gasteiger partial charge in [0.2, 0.25) is 5.89 Å². The van der Waals surface area contributed by atoms with Crippen molar-refractivity contribution in [3.05, 3.63) is 47.0 Å². The van der Waals surface area contributed by atoms with Gasteiger partial charge in [0.1, 0.15) is 12.4 Å². The molecule has 10 heteroatoms. The molecule has 1 aliphatic rings. The maximum absolute atomic E-state index is 12.9. The van der Waals surface area contributed by atoms with Gasteiger partial charge in [0.25, 0.3) is 5.89 Å². The van der Waals surface area contributed by atoms with Crippen LogP contribution in [-0.4, -0.2) is 47.8 Å². The summed E-state index contributed by atoms with van der Waals surface area (Å²) >= 11 is 0. The summed E-state index contributed by atoms with van der Waals surface area (Å²) in [5.74, 6) is 2.44. The minimum absolute atomic E-state index is 0.0249. The van der Waals surface area contributed by atoms with Crippen molar-refractivity contribution in [3.63, 3.8) is 0 Å². The first-order valence-corrected chi connectivity index (χ1v) is 10.9. The van der Waals surface area contributed by atoms with E-state index in [0.717, 1.165) is 42.3 Å². The van der Waals surface area contributed by atoms with Gasteiger partial charge in [-0.15, -0.1) is 10.2 Å². The van der Waals surface area contributed by atoms with Crippen LogP contribution in [0.2, 0.25) is 0 Å². The minimum Gasteiger partial charge on any atom is -0.491 e. The number of nitrogens with zero attached hydrogens (tertiary/aromatic N) is 5. The van der Waals surface area contributed by atoms with Crippen LogP contribution in [0.15, 0.2) is 39.8 Å². The minimum atomic E-state index is -0.0491. The smallest absolute Gasteiger partial charge is 0.328 e. The molecule has 0 spiro atoms. The molecule has 0 amide bonds. The van der Waals surface area contributed by atoms with Crippen LogP contribution in [0.5, 0.6) is 5.75 Å². The van der Waals surface area contributed by atoms with Crippen molar-refractivity contribution < 1.29 is 14.3 Å². The number of aryl methyl sites for hydroxylation is 1. The van der Waals surface area contributed by atoms with Gasteiger partial charge in [0.05, 0.1) is 29.4 Å². The van der Waals surface area contributed by atoms with E-state index in [0.29, 0.717) is 30.0 Å². The fourth-order valence-electron chi connectivity index (χ4n) is 4.55. The predicted molar refractivity (Wildman–Crippen MR) is 116 cm³/mol. The molecule has 0 saturated heterocycles. The van der Waals surface area contributed by atoms with E-state index in [-0.39, 0.29) is 24.8 Å². The van der Waals surface area contributed by atoms with E-state index >= 15 is 0 Å². The zero-order valence-electron chi connectivity index (χ0n) is 17.9. The van der Waals surface area contributed by atoms with Crippen LogP contribution in [0.25, 0.3) is 22.5 Å². The zero-order valence-corrected chi connectivity index (χ0v) is 17.9. The average Bonchev–Trinajstić information content (AvgIpc) is 3.56. The number of fused-ring (bicyclic) bond motifs is 1. The lowest BCUT2D eigenvalue weighted by atomic mass is 9.82. The van der Waals surface area contributed by atoms with Crippen molar-refractivity contribution >= 4 is 11.0 Å². The number of aliphatic hydroxyl groups excluding tert-OH is 1. The molecule has 1 aliphatic carbocycles. The molecule has 0 bridgehead atoms. The van der Waals surface area contributed by atoms with Gasteiger partial charge in [-0.3, -0.25) is 14.2 Å². The summed E-state index contributed by atoms with van der Waals surface area (Å²) in [6.45, 7) is 0.841. The Kier molecular flexibility index (Phi) is 5.52. The number of imidazole rings is 1. The number of ether oxygens (including phenoxy) is 1. The van der Waals surface area contributed by atoms with Crippen LogP contribution in [-0.2, 0) is 13.6 Å². The number of aromatic nitrogens is 6. The Balaban J connectivity index is 1.29. The maximum atomic E-state index is 12.9. The third kappa shape index (κ3) is 3.81. The summed E-state index contributed by atoms with van der Waals surface area (Å²) in [7, 11) is 1.79. The molecule has 2 N–H and O–H groups in total. The van der Waals surface area contributed by atoms with Crippen LogP contribution in [0.4, 0.5) is 0 Å². The standard InChI is InChI=1S/C22H26N6O4/c1-27-18-7-6-17(31-9-8-29)10-19(18)28(22(27)30)13-14-2-4-15(5-3-14)20-25-26-21(32-20)16-11-23-24-12-16/h6-7,10-12,14-15,29H,2-5,8-9,13H2,1H3,(H,23,24). The molecule has 3 heterocycles. The highest BCUT2D eigenvalue weighted by Crippen LogP contribution is 2.37. The molecule has 10 nitrogen and oxygen atoms in total. The highest BCUT2D eigenvalue weighted by molar-refractivity contribution is 5.77. The first-order chi connectivity index (χ1) is 15.6. The van der Waals surface area contributed by atoms with Crippen molar-refractivity contribution in [1.82, 2.24) is 29.5 Å². The number of H-pyrrole nitrogens is 1. The number of hydrogen-bond acceptors (Lipinski definition) is 7. The van der Waals surface area contributed by atoms with Gasteiger partial charge < -0.3 is 14.3 Å². The molecule has 32 heavy (non-hydrogen) atoms. The molecule has 0 radical (unpaired) electrons. The summed E-state index contributed by atoms with van der Waals surface area (Å²) in [5.41, 5.74) is 2.49. The summed E-state index contributed by atoms with van der Waals surface area (Å²) in [5, 5.41) is 24.1. The third-order valence-electron chi connectivity index (χ3n) is 6.30. The molecular formula is C22H26N6O4. The van der Waals surface area contributed by atoms with Crippen molar-refractivity contribution in [2.45, 2.75) is 38.1 Å². The van der Waals surface area contributed by atoms with Crippen molar-refractivity contribution in [2.24, 2.45) is 13.0 Å². The fourth-order valence-corrected chi connectivity index (χ4v) is 4.55. The van der Waals surface area contributed by atoms with Gasteiger partial charge >= 0.3 is 5.69 Å². The van der Waals surface area contributed by atoms with E-state index in [1.54, 1.807) is 24.0 Å². The van der Waals surface area contributed by atoms with Crippen LogP contribution in [0.3, 0.4) is 0 Å². The zero-order chi connectivity index (χ0) is 22.1. The van der Waals surface area contributed by atoms with Crippen LogP contribution < -0.4 is 10.4 Å². The van der Waals surface area contributed by atoms with Gasteiger partial charge in [-0.2, -0.15) is 5.10 Å². The summed E-state index contributed by atoms with van der Waals surface area (Å²) < 4.78 is 14.9. The summed E-state index contributed by atoms with van der Waals surface area (Å²) in [6.07, 6.45) is 7.26. The highest BCUT2D eigenvalue weighted by atomic mass is 16.5. The lowest BCUT2D eigenvalue weighted by molar-refractivity contribution is 0.201. The van der Waals surface area contributed by atoms with E-state index in [1.165, 1.54) is 0 Å². The SMILES string of the molecule is Cn1c(=O)n(CC2CCC(c3nnc(-c4cn[nH]c4)o3)CC2)c2cc(OCCO)ccc21. The highest BCUT2D eigenvalue weighted by Gasteiger charge is 2.28. The van der Waals surface area contributed by atoms with E-state index in [1.807, 2.05) is 22.8 Å². The lowest BCUT2D eigenvalue weighted by Crippen LogP contribution is -2.27. The molecule has 1 saturated carbocycles. The Bertz CT molecular complexity index is 1250. The quantitative estimate of drug-likeness (QED) is 0.454. The second-order valence-electron chi connectivity index (χ2n) is 8.32. The Morgan fingerprint density at radius 2 is 2.06 bits per heavy atom. The average molecular weight is 438 g/mol. The molecule has 0 aliphatic heterocycles. The van der Waals surface area contributed by atoms with Crippen molar-refractivity contribution in [1.29, 1.82) is 0 Å². The van der Waals surface area contributed by atoms with E-state index in [9.17, 15) is 4.79 Å². The maximum Gasteiger partial charge on any atom is 0.328 e. The molecule has 0 unspecified atom stereocenters. The van der Waals surface area contributed by atoms with Gasteiger partial charge in [-0.1, -0.05) is 0 Å². The number of rotatable bonds is 7. The Morgan fingerprint density at radius 1 is 1.22 bits per heavy atom. The lowest BCUT2D eigenvalue weighted by Gasteiger charge is -2.26. The van der Waals surface area contributed by atoms with Gasteiger partial charge in [-0.25, -0.2) is 4.79 Å². The Morgan fingerprint density at radius 3 is 2.81 bits per heavy atom. The monoisotopic (exact) mass is 438 g/mol. The summed E-state index contributed by atoms with van der Waals surface area (Å²) in [6, 6.07) is 5.60. The second kappa shape index (κ2) is 8.62. The Labute approximate surface area is 183 Å². The molecule has 1 aromatic carbocycles. The second-order valence-corrected chi connectivity index (χ2v) is 8.32. The molecule has 5 rings (SSSR count). The summed E-state index contributed by atoms with van der Waals surface area (Å²) in [4.78, 5) is 12.9. The normalized spacial score (nSPS) is 18.9. The van der Waals surface area contributed by atoms with Crippen molar-refractivity contribution in [3.8, 4) is 17.2 Å². The van der Waals surface area contributed by atoms with Gasteiger partial charge in [0, 0.05) is 31.8 Å². The van der Waals surface area contributed by atoms with E-state index in [2.05, 4.69) is 20.4 Å². The number of aromatic amines is 1. The fraction of sp³-hybridized carbons (Fsp3) is 0.455. The number of benzene rings is 1. The molecule has 1 fully saturated rings. The van der Waals surface area contributed by atoms with Crippen LogP contribution in [0, 0.1) is 5.92 Å². The van der Waals surface area contributed by atoms with Crippen molar-refractivity contribution in [2.75, 3.05) is 13.2 Å². The third-order valence-corrected chi connectivity index (χ3v) is 6.30. The van der Waals surface area contributed by atoms with E-state index in [4.69, 9.17) is 14.3 Å². The topological polar surface area (TPSA) is 124 Å². The first-order valence-electron chi connectivity index (χ1n) is 10.9. The molecular weight excluding hydrogens is 412 g/mol. The first kappa shape index (κ1) is 20.5. The molecule has 168 valence electrons. The molecule has 4 aromatic rings. The molecule has 0 atom stereocenters. The van der Waals surface area contributed by atoms with E-state index < -0.39 is 0 Å². The number of aliphatic hydroxyl groups is 1. The largest absolute Gasteiger partial charge is 0.491 e. The number of nitrogens with one attached hydrogen (secondary N) is 1.